The van der Waals surface area contributed by atoms with Crippen LogP contribution in [0.15, 0.2) is 59.1 Å². The first-order valence-electron chi connectivity index (χ1n) is 28.8. The van der Waals surface area contributed by atoms with Gasteiger partial charge in [-0.2, -0.15) is 0 Å². The molecule has 0 saturated carbocycles. The Hall–Kier alpha value is -5.49. The monoisotopic (exact) mass is 1180 g/mol. The van der Waals surface area contributed by atoms with Crippen molar-refractivity contribution in [2.24, 2.45) is 47.3 Å². The number of nitrogens with one attached hydrogen (secondary N) is 1. The second kappa shape index (κ2) is 29.5. The fourth-order valence-electron chi connectivity index (χ4n) is 11.6. The molecule has 2 heterocycles. The lowest BCUT2D eigenvalue weighted by atomic mass is 9.82. The Morgan fingerprint density at radius 3 is 1.75 bits per heavy atom. The van der Waals surface area contributed by atoms with Gasteiger partial charge < -0.3 is 39.7 Å². The van der Waals surface area contributed by atoms with E-state index in [2.05, 4.69) is 21.2 Å². The molecule has 0 aliphatic carbocycles. The number of esters is 1. The predicted molar refractivity (Wildman–Crippen MR) is 311 cm³/mol. The largest absolute Gasteiger partial charge is 0.450 e. The molecule has 0 spiro atoms. The van der Waals surface area contributed by atoms with Crippen molar-refractivity contribution in [1.82, 2.24) is 29.8 Å². The quantitative estimate of drug-likeness (QED) is 0.192. The van der Waals surface area contributed by atoms with Gasteiger partial charge in [0.05, 0.1) is 11.6 Å². The number of ether oxygens (including phenoxy) is 1. The van der Waals surface area contributed by atoms with Crippen molar-refractivity contribution in [2.45, 2.75) is 176 Å². The molecule has 0 aromatic heterocycles. The molecule has 3 unspecified atom stereocenters. The lowest BCUT2D eigenvalue weighted by molar-refractivity contribution is -0.178. The molecule has 6 amide bonds. The Morgan fingerprint density at radius 2 is 1.21 bits per heavy atom. The summed E-state index contributed by atoms with van der Waals surface area (Å²) in [5.74, 6) is -9.48. The summed E-state index contributed by atoms with van der Waals surface area (Å²) >= 11 is 3.49. The van der Waals surface area contributed by atoms with Gasteiger partial charge >= 0.3 is 5.97 Å². The summed E-state index contributed by atoms with van der Waals surface area (Å²) < 4.78 is 6.94. The number of Topliss-reactive ketones (excluding diaryl/α,β-unsaturated/α-hetero) is 2. The Labute approximate surface area is 484 Å². The maximum Gasteiger partial charge on any atom is 0.332 e. The maximum absolute atomic E-state index is 15.2. The molecule has 444 valence electrons. The van der Waals surface area contributed by atoms with Gasteiger partial charge in [0.1, 0.15) is 23.9 Å². The summed E-state index contributed by atoms with van der Waals surface area (Å²) in [6.45, 7) is 21.2. The number of hydrogen-bond acceptors (Lipinski definition) is 11. The van der Waals surface area contributed by atoms with Crippen LogP contribution in [-0.4, -0.2) is 166 Å². The van der Waals surface area contributed by atoms with E-state index in [0.29, 0.717) is 24.8 Å². The van der Waals surface area contributed by atoms with Crippen molar-refractivity contribution in [2.75, 3.05) is 41.3 Å². The number of rotatable bonds is 13. The summed E-state index contributed by atoms with van der Waals surface area (Å²) in [5.41, 5.74) is -0.474. The molecule has 4 rings (SSSR count). The van der Waals surface area contributed by atoms with Crippen molar-refractivity contribution in [3.05, 3.63) is 70.2 Å². The van der Waals surface area contributed by atoms with E-state index >= 15 is 9.59 Å². The van der Waals surface area contributed by atoms with Gasteiger partial charge in [-0.25, -0.2) is 4.79 Å². The average molecular weight is 1180 g/mol. The van der Waals surface area contributed by atoms with Gasteiger partial charge in [-0.1, -0.05) is 134 Å². The number of hydrogen-bond donors (Lipinski definition) is 2. The van der Waals surface area contributed by atoms with Crippen LogP contribution in [0.5, 0.6) is 0 Å². The van der Waals surface area contributed by atoms with Crippen LogP contribution in [0.4, 0.5) is 0 Å². The number of ketones is 2. The van der Waals surface area contributed by atoms with Gasteiger partial charge in [-0.15, -0.1) is 0 Å². The summed E-state index contributed by atoms with van der Waals surface area (Å²) in [5, 5.41) is 14.7. The summed E-state index contributed by atoms with van der Waals surface area (Å²) in [7, 11) is 5.86. The van der Waals surface area contributed by atoms with Crippen molar-refractivity contribution >= 4 is 68.9 Å². The number of carbonyl (C=O) groups excluding carboxylic acids is 9. The molecule has 2 aliphatic rings. The lowest BCUT2D eigenvalue weighted by Gasteiger charge is -2.39. The maximum atomic E-state index is 15.2. The lowest BCUT2D eigenvalue weighted by Crippen LogP contribution is -2.61. The van der Waals surface area contributed by atoms with Gasteiger partial charge in [0.2, 0.25) is 29.5 Å². The van der Waals surface area contributed by atoms with Crippen molar-refractivity contribution < 1.29 is 53.0 Å². The van der Waals surface area contributed by atoms with Gasteiger partial charge in [0, 0.05) is 95.1 Å². The number of fused-ring (bicyclic) bond motifs is 2. The molecule has 17 nitrogen and oxygen atoms in total. The Bertz CT molecular complexity index is 2480. The van der Waals surface area contributed by atoms with E-state index in [1.165, 1.54) is 49.7 Å². The zero-order chi connectivity index (χ0) is 60.2. The van der Waals surface area contributed by atoms with E-state index in [-0.39, 0.29) is 68.6 Å². The molecule has 2 N–H and O–H groups in total. The zero-order valence-electron chi connectivity index (χ0n) is 50.5. The van der Waals surface area contributed by atoms with Crippen LogP contribution in [0.1, 0.15) is 133 Å². The number of nitrogens with zero attached hydrogens (tertiary/aromatic N) is 5. The average Bonchev–Trinajstić information content (AvgIpc) is 3.91. The minimum absolute atomic E-state index is 0.0186. The molecule has 0 radical (unpaired) electrons. The second-order valence-corrected chi connectivity index (χ2v) is 25.4. The zero-order valence-corrected chi connectivity index (χ0v) is 52.1. The van der Waals surface area contributed by atoms with E-state index in [9.17, 15) is 38.7 Å². The standard InChI is InChI=1S/C62H93BrN6O11/c1-17-39(9)46-34-49(70)43-28-29-69(35-43)59(76)48(32-42-24-26-45(63)27-25-42)65(13)58(75)47(31-41-22-20-19-21-23-41)64-55(72)52(38(7)8)67(15)60(77)53(40(10)18-2)80-61(78)54(62(11,12)79)68(16)56(73)44(30-36(3)4)33-50(71)51(37(5)6)66(14)57(46)74/h19-27,36-40,43-44,46-48,51-54,79H,17-18,28-35H2,1-16H3,(H,64,72)/t39?,40?,43-,44-,46+,47+,48?,51+,52+,53-,54-/m1/s1. The number of likely N-dealkylation sites (N-methyl/N-ethyl adjacent to an activating group) is 4. The Kier molecular flexibility index (Phi) is 24.7. The number of halogens is 1. The van der Waals surface area contributed by atoms with E-state index in [4.69, 9.17) is 4.74 Å². The molecule has 2 saturated heterocycles. The highest BCUT2D eigenvalue weighted by Gasteiger charge is 2.47. The molecule has 80 heavy (non-hydrogen) atoms. The molecule has 11 atom stereocenters. The van der Waals surface area contributed by atoms with E-state index in [1.54, 1.807) is 39.6 Å². The first kappa shape index (κ1) is 67.0. The number of aliphatic hydroxyl groups is 1. The minimum Gasteiger partial charge on any atom is -0.450 e. The van der Waals surface area contributed by atoms with Crippen molar-refractivity contribution in [1.29, 1.82) is 0 Å². The molecular formula is C62H93BrN6O11. The smallest absolute Gasteiger partial charge is 0.332 e. The fraction of sp³-hybridized carbons (Fsp3) is 0.661. The number of amides is 6. The first-order valence-corrected chi connectivity index (χ1v) is 29.6. The molecule has 2 aromatic rings. The van der Waals surface area contributed by atoms with Crippen LogP contribution in [0.25, 0.3) is 0 Å². The topological polar surface area (TPSA) is 211 Å². The van der Waals surface area contributed by atoms with Crippen LogP contribution in [0, 0.1) is 47.3 Å². The normalized spacial score (nSPS) is 26.5. The van der Waals surface area contributed by atoms with Crippen LogP contribution in [0.2, 0.25) is 0 Å². The fourth-order valence-corrected chi connectivity index (χ4v) is 11.9. The molecule has 2 aromatic carbocycles. The van der Waals surface area contributed by atoms with Crippen molar-refractivity contribution in [3.8, 4) is 0 Å². The van der Waals surface area contributed by atoms with Crippen LogP contribution >= 0.6 is 15.9 Å². The molecule has 2 fully saturated rings. The highest BCUT2D eigenvalue weighted by molar-refractivity contribution is 9.10. The van der Waals surface area contributed by atoms with Gasteiger partial charge in [0.25, 0.3) is 5.91 Å². The first-order chi connectivity index (χ1) is 37.4. The van der Waals surface area contributed by atoms with E-state index < -0.39 is 119 Å². The van der Waals surface area contributed by atoms with Gasteiger partial charge in [-0.05, 0) is 80.0 Å². The summed E-state index contributed by atoms with van der Waals surface area (Å²) in [6.07, 6.45) is -0.376. The number of benzene rings is 2. The third-order valence-electron chi connectivity index (χ3n) is 16.6. The molecule has 2 bridgehead atoms. The van der Waals surface area contributed by atoms with E-state index in [1.807, 2.05) is 96.1 Å². The number of cyclic esters (lactones) is 1. The van der Waals surface area contributed by atoms with Crippen LogP contribution in [-0.2, 0) is 60.7 Å². The highest BCUT2D eigenvalue weighted by Crippen LogP contribution is 2.32. The predicted octanol–water partition coefficient (Wildman–Crippen LogP) is 7.17. The van der Waals surface area contributed by atoms with Crippen molar-refractivity contribution in [3.63, 3.8) is 0 Å². The minimum atomic E-state index is -1.94. The summed E-state index contributed by atoms with van der Waals surface area (Å²) in [6, 6.07) is 10.2. The Balaban J connectivity index is 1.94. The van der Waals surface area contributed by atoms with E-state index in [0.717, 1.165) is 14.9 Å². The van der Waals surface area contributed by atoms with Crippen LogP contribution < -0.4 is 5.32 Å². The SMILES string of the molecule is CCC(C)[C@@H]1CC(=O)[C@@H]2CCN(C2)C(=O)C(Cc2ccc(Br)cc2)N(C)C(=O)[C@H](Cc2ccccc2)NC(=O)[C@H](C(C)C)N(C)C(=O)[C@@H](C(C)CC)OC(=O)[C@H](C(C)(C)O)N(C)C(=O)[C@H](CC(C)C)CC(=O)[C@H](C(C)C)N(C)C1=O. The molecule has 18 heteroatoms. The third-order valence-corrected chi connectivity index (χ3v) is 17.1. The van der Waals surface area contributed by atoms with Crippen LogP contribution in [0.3, 0.4) is 0 Å². The third kappa shape index (κ3) is 17.0. The highest BCUT2D eigenvalue weighted by atomic mass is 79.9. The number of carbonyl (C=O) groups is 9. The molecular weight excluding hydrogens is 1080 g/mol. The molecule has 2 aliphatic heterocycles. The Morgan fingerprint density at radius 1 is 0.650 bits per heavy atom. The second-order valence-electron chi connectivity index (χ2n) is 24.5. The summed E-state index contributed by atoms with van der Waals surface area (Å²) in [4.78, 5) is 141. The van der Waals surface area contributed by atoms with Gasteiger partial charge in [0.15, 0.2) is 17.9 Å². The van der Waals surface area contributed by atoms with Gasteiger partial charge in [-0.3, -0.25) is 38.4 Å².